The molecule has 3 heterocycles. The molecule has 0 radical (unpaired) electrons. The molecule has 2 amide bonds. The Kier molecular flexibility index (Phi) is 12.6. The van der Waals surface area contributed by atoms with Crippen molar-refractivity contribution in [2.24, 2.45) is 17.8 Å². The molecule has 5 rings (SSSR count). The van der Waals surface area contributed by atoms with E-state index in [1.165, 1.54) is 41.0 Å². The number of nitrogens with one attached hydrogen (secondary N) is 1. The van der Waals surface area contributed by atoms with Crippen LogP contribution in [-0.4, -0.2) is 46.3 Å². The third kappa shape index (κ3) is 9.78. The minimum atomic E-state index is -0.321. The summed E-state index contributed by atoms with van der Waals surface area (Å²) in [6.45, 7) is 15.2. The highest BCUT2D eigenvalue weighted by Gasteiger charge is 2.28. The molecule has 2 aliphatic rings. The number of amides is 2. The molecule has 1 saturated heterocycles. The van der Waals surface area contributed by atoms with Gasteiger partial charge in [-0.3, -0.25) is 9.59 Å². The first kappa shape index (κ1) is 36.7. The Balaban J connectivity index is 1.19. The van der Waals surface area contributed by atoms with E-state index in [1.54, 1.807) is 5.57 Å². The Morgan fingerprint density at radius 1 is 1.04 bits per heavy atom. The molecule has 0 spiro atoms. The van der Waals surface area contributed by atoms with Gasteiger partial charge in [0.1, 0.15) is 0 Å². The smallest absolute Gasteiger partial charge is 0.261 e. The van der Waals surface area contributed by atoms with Gasteiger partial charge in [-0.25, -0.2) is 9.97 Å². The van der Waals surface area contributed by atoms with Gasteiger partial charge in [0.15, 0.2) is 5.82 Å². The summed E-state index contributed by atoms with van der Waals surface area (Å²) < 4.78 is 0. The average Bonchev–Trinajstić information content (AvgIpc) is 3.85. The molecular formula is C42H56N4O2S. The highest BCUT2D eigenvalue weighted by Crippen LogP contribution is 2.36. The van der Waals surface area contributed by atoms with Crippen LogP contribution in [-0.2, 0) is 16.6 Å². The molecule has 0 bridgehead atoms. The Labute approximate surface area is 298 Å². The first-order valence-electron chi connectivity index (χ1n) is 18.5. The second kappa shape index (κ2) is 16.9. The lowest BCUT2D eigenvalue weighted by molar-refractivity contribution is -0.134. The number of likely N-dealkylation sites (tertiary alicyclic amines) is 1. The summed E-state index contributed by atoms with van der Waals surface area (Å²) in [5.41, 5.74) is 6.08. The van der Waals surface area contributed by atoms with Crippen molar-refractivity contribution in [3.05, 3.63) is 87.4 Å². The van der Waals surface area contributed by atoms with Gasteiger partial charge in [0.05, 0.1) is 10.8 Å². The summed E-state index contributed by atoms with van der Waals surface area (Å²) in [6.07, 6.45) is 18.4. The van der Waals surface area contributed by atoms with E-state index in [0.29, 0.717) is 23.7 Å². The van der Waals surface area contributed by atoms with Gasteiger partial charge in [-0.1, -0.05) is 76.6 Å². The van der Waals surface area contributed by atoms with Crippen molar-refractivity contribution in [1.29, 1.82) is 0 Å². The van der Waals surface area contributed by atoms with Crippen molar-refractivity contribution in [1.82, 2.24) is 20.2 Å². The molecule has 49 heavy (non-hydrogen) atoms. The van der Waals surface area contributed by atoms with Crippen molar-refractivity contribution < 1.29 is 9.59 Å². The number of thiophene rings is 1. The fourth-order valence-corrected chi connectivity index (χ4v) is 8.11. The Morgan fingerprint density at radius 3 is 2.35 bits per heavy atom. The minimum absolute atomic E-state index is 0.00270. The topological polar surface area (TPSA) is 75.2 Å². The largest absolute Gasteiger partial charge is 0.351 e. The maximum atomic E-state index is 13.6. The van der Waals surface area contributed by atoms with E-state index in [9.17, 15) is 9.59 Å². The molecule has 1 N–H and O–H groups in total. The molecule has 3 aromatic rings. The average molecular weight is 681 g/mol. The third-order valence-electron chi connectivity index (χ3n) is 10.6. The number of carbonyl (C=O) groups excluding carboxylic acids is 2. The van der Waals surface area contributed by atoms with Crippen LogP contribution in [0.5, 0.6) is 0 Å². The molecule has 1 aromatic carbocycles. The van der Waals surface area contributed by atoms with E-state index in [0.717, 1.165) is 73.7 Å². The van der Waals surface area contributed by atoms with Crippen molar-refractivity contribution >= 4 is 28.7 Å². The van der Waals surface area contributed by atoms with E-state index in [4.69, 9.17) is 9.97 Å². The molecule has 1 aliphatic heterocycles. The predicted molar refractivity (Wildman–Crippen MR) is 204 cm³/mol. The normalized spacial score (nSPS) is 18.2. The zero-order valence-corrected chi connectivity index (χ0v) is 31.4. The predicted octanol–water partition coefficient (Wildman–Crippen LogP) is 9.67. The first-order valence-corrected chi connectivity index (χ1v) is 19.3. The lowest BCUT2D eigenvalue weighted by atomic mass is 9.78. The maximum Gasteiger partial charge on any atom is 0.261 e. The van der Waals surface area contributed by atoms with Gasteiger partial charge in [-0.2, -0.15) is 0 Å². The van der Waals surface area contributed by atoms with Gasteiger partial charge in [0, 0.05) is 48.0 Å². The number of allylic oxidation sites excluding steroid dienone is 4. The van der Waals surface area contributed by atoms with Gasteiger partial charge >= 0.3 is 0 Å². The highest BCUT2D eigenvalue weighted by molar-refractivity contribution is 7.14. The second-order valence-electron chi connectivity index (χ2n) is 15.1. The Hall–Kier alpha value is -3.58. The van der Waals surface area contributed by atoms with Crippen LogP contribution >= 0.6 is 11.3 Å². The first-order chi connectivity index (χ1) is 23.5. The van der Waals surface area contributed by atoms with E-state index in [2.05, 4.69) is 71.1 Å². The number of aromatic nitrogens is 2. The fraction of sp³-hybridized carbons (Fsp3) is 0.524. The summed E-state index contributed by atoms with van der Waals surface area (Å²) in [5, 5.41) is 3.08. The van der Waals surface area contributed by atoms with Gasteiger partial charge in [-0.15, -0.1) is 11.3 Å². The van der Waals surface area contributed by atoms with Crippen molar-refractivity contribution in [2.45, 2.75) is 105 Å². The SMILES string of the molecule is C/C=C(/CC)CC[C@@H](C)C1CC=C(c2cnc(-c3ccc(CC(CNC(=O)c4ccc(C(C)(C)C)s4)C(=O)N4CCCC4)cc3)nc2)CC1. The number of nitrogens with zero attached hydrogens (tertiary/aromatic N) is 3. The van der Waals surface area contributed by atoms with Crippen molar-refractivity contribution in [3.8, 4) is 11.4 Å². The van der Waals surface area contributed by atoms with Crippen LogP contribution < -0.4 is 5.32 Å². The van der Waals surface area contributed by atoms with Gasteiger partial charge in [0.25, 0.3) is 5.91 Å². The summed E-state index contributed by atoms with van der Waals surface area (Å²) in [5.74, 6) is 1.89. The van der Waals surface area contributed by atoms with Crippen LogP contribution in [0.15, 0.2) is 66.5 Å². The van der Waals surface area contributed by atoms with Gasteiger partial charge in [-0.05, 0) is 105 Å². The van der Waals surface area contributed by atoms with E-state index >= 15 is 0 Å². The summed E-state index contributed by atoms with van der Waals surface area (Å²) in [7, 11) is 0. The van der Waals surface area contributed by atoms with Crippen LogP contribution in [0.1, 0.15) is 119 Å². The lowest BCUT2D eigenvalue weighted by Crippen LogP contribution is -2.41. The number of hydrogen-bond acceptors (Lipinski definition) is 5. The van der Waals surface area contributed by atoms with Gasteiger partial charge in [0.2, 0.25) is 5.91 Å². The standard InChI is InChI=1S/C42H56N4O2S/c1-7-30(8-2)12-11-29(3)32-17-19-33(20-18-32)36-27-43-39(44-28-36)34-15-13-31(14-16-34)25-35(41(48)46-23-9-10-24-46)26-45-40(47)37-21-22-38(49-37)42(4,5)6/h7,13-16,19,21-22,27-29,32,35H,8-12,17-18,20,23-26H2,1-6H3,(H,45,47)/b30-7-/t29-,32?,35?/m1/s1. The highest BCUT2D eigenvalue weighted by atomic mass is 32.1. The summed E-state index contributed by atoms with van der Waals surface area (Å²) in [4.78, 5) is 39.9. The second-order valence-corrected chi connectivity index (χ2v) is 16.2. The van der Waals surface area contributed by atoms with Crippen LogP contribution in [0, 0.1) is 17.8 Å². The quantitative estimate of drug-likeness (QED) is 0.183. The third-order valence-corrected chi connectivity index (χ3v) is 12.1. The zero-order valence-electron chi connectivity index (χ0n) is 30.6. The van der Waals surface area contributed by atoms with Gasteiger partial charge < -0.3 is 10.2 Å². The van der Waals surface area contributed by atoms with Crippen molar-refractivity contribution in [3.63, 3.8) is 0 Å². The molecule has 3 atom stereocenters. The van der Waals surface area contributed by atoms with Crippen LogP contribution in [0.2, 0.25) is 0 Å². The molecule has 6 nitrogen and oxygen atoms in total. The van der Waals surface area contributed by atoms with Crippen LogP contribution in [0.25, 0.3) is 17.0 Å². The molecule has 2 unspecified atom stereocenters. The molecule has 1 aliphatic carbocycles. The number of benzene rings is 1. The minimum Gasteiger partial charge on any atom is -0.351 e. The summed E-state index contributed by atoms with van der Waals surface area (Å²) >= 11 is 1.53. The van der Waals surface area contributed by atoms with E-state index in [1.807, 2.05) is 41.6 Å². The Bertz CT molecular complexity index is 1610. The maximum absolute atomic E-state index is 13.6. The van der Waals surface area contributed by atoms with Crippen LogP contribution in [0.3, 0.4) is 0 Å². The monoisotopic (exact) mass is 680 g/mol. The molecule has 1 fully saturated rings. The Morgan fingerprint density at radius 2 is 1.76 bits per heavy atom. The molecular weight excluding hydrogens is 625 g/mol. The van der Waals surface area contributed by atoms with Crippen molar-refractivity contribution in [2.75, 3.05) is 19.6 Å². The molecule has 7 heteroatoms. The molecule has 262 valence electrons. The van der Waals surface area contributed by atoms with Crippen LogP contribution in [0.4, 0.5) is 0 Å². The number of hydrogen-bond donors (Lipinski definition) is 1. The molecule has 0 saturated carbocycles. The number of carbonyl (C=O) groups is 2. The van der Waals surface area contributed by atoms with E-state index < -0.39 is 0 Å². The molecule has 2 aromatic heterocycles. The fourth-order valence-electron chi connectivity index (χ4n) is 7.13. The lowest BCUT2D eigenvalue weighted by Gasteiger charge is -2.27. The van der Waals surface area contributed by atoms with E-state index in [-0.39, 0.29) is 23.1 Å². The summed E-state index contributed by atoms with van der Waals surface area (Å²) in [6, 6.07) is 12.1. The zero-order chi connectivity index (χ0) is 35.0. The number of rotatable bonds is 13.